The molecule has 0 bridgehead atoms. The average Bonchev–Trinajstić information content (AvgIpc) is 2.48. The molecule has 0 radical (unpaired) electrons. The zero-order valence-electron chi connectivity index (χ0n) is 11.9. The Labute approximate surface area is 123 Å². The lowest BCUT2D eigenvalue weighted by atomic mass is 9.86. The van der Waals surface area contributed by atoms with Crippen LogP contribution in [0.25, 0.3) is 0 Å². The van der Waals surface area contributed by atoms with Crippen molar-refractivity contribution in [2.45, 2.75) is 32.6 Å². The van der Waals surface area contributed by atoms with Gasteiger partial charge in [-0.3, -0.25) is 9.78 Å². The van der Waals surface area contributed by atoms with Gasteiger partial charge in [0.15, 0.2) is 0 Å². The van der Waals surface area contributed by atoms with Crippen molar-refractivity contribution < 1.29 is 9.90 Å². The summed E-state index contributed by atoms with van der Waals surface area (Å²) in [4.78, 5) is 24.3. The van der Waals surface area contributed by atoms with Crippen LogP contribution in [0.3, 0.4) is 0 Å². The fraction of sp³-hybridized carbons (Fsp3) is 0.375. The minimum Gasteiger partial charge on any atom is -0.481 e. The molecule has 5 heteroatoms. The van der Waals surface area contributed by atoms with Crippen LogP contribution in [-0.2, 0) is 24.1 Å². The third-order valence-corrected chi connectivity index (χ3v) is 3.99. The number of aromatic nitrogens is 3. The Morgan fingerprint density at radius 1 is 1.33 bits per heavy atom. The van der Waals surface area contributed by atoms with Gasteiger partial charge in [-0.25, -0.2) is 9.97 Å². The molecule has 1 N–H and O–H groups in total. The predicted molar refractivity (Wildman–Crippen MR) is 77.0 cm³/mol. The number of aliphatic carboxylic acids is 1. The number of nitrogens with zero attached hydrogens (tertiary/aromatic N) is 3. The third-order valence-electron chi connectivity index (χ3n) is 3.99. The van der Waals surface area contributed by atoms with Crippen LogP contribution >= 0.6 is 0 Å². The number of rotatable bonds is 3. The maximum absolute atomic E-state index is 11.1. The number of fused-ring (bicyclic) bond motifs is 1. The summed E-state index contributed by atoms with van der Waals surface area (Å²) in [5.74, 6) is -0.224. The first-order valence-corrected chi connectivity index (χ1v) is 7.10. The summed E-state index contributed by atoms with van der Waals surface area (Å²) in [7, 11) is 0. The molecule has 1 aliphatic rings. The van der Waals surface area contributed by atoms with E-state index in [1.165, 1.54) is 0 Å². The maximum Gasteiger partial charge on any atom is 0.306 e. The van der Waals surface area contributed by atoms with Crippen LogP contribution in [0.1, 0.15) is 34.8 Å². The molecule has 0 saturated heterocycles. The largest absolute Gasteiger partial charge is 0.481 e. The molecule has 21 heavy (non-hydrogen) atoms. The van der Waals surface area contributed by atoms with E-state index in [9.17, 15) is 4.79 Å². The van der Waals surface area contributed by atoms with Crippen molar-refractivity contribution in [3.05, 3.63) is 52.9 Å². The average molecular weight is 283 g/mol. The van der Waals surface area contributed by atoms with Crippen LogP contribution in [-0.4, -0.2) is 26.0 Å². The van der Waals surface area contributed by atoms with Crippen molar-refractivity contribution in [3.8, 4) is 0 Å². The fourth-order valence-corrected chi connectivity index (χ4v) is 2.82. The van der Waals surface area contributed by atoms with Crippen molar-refractivity contribution in [3.63, 3.8) is 0 Å². The zero-order valence-corrected chi connectivity index (χ0v) is 11.9. The van der Waals surface area contributed by atoms with Gasteiger partial charge in [-0.1, -0.05) is 0 Å². The second-order valence-electron chi connectivity index (χ2n) is 5.46. The van der Waals surface area contributed by atoms with E-state index in [-0.39, 0.29) is 5.92 Å². The Bertz CT molecular complexity index is 671. The van der Waals surface area contributed by atoms with Crippen molar-refractivity contribution in [1.29, 1.82) is 0 Å². The van der Waals surface area contributed by atoms with Crippen LogP contribution in [0, 0.1) is 12.8 Å². The Morgan fingerprint density at radius 3 is 2.81 bits per heavy atom. The number of aryl methyl sites for hydroxylation is 2. The molecular weight excluding hydrogens is 266 g/mol. The first-order chi connectivity index (χ1) is 10.1. The minimum atomic E-state index is -0.721. The fourth-order valence-electron chi connectivity index (χ4n) is 2.82. The lowest BCUT2D eigenvalue weighted by Gasteiger charge is -2.22. The molecule has 0 fully saturated rings. The van der Waals surface area contributed by atoms with Gasteiger partial charge >= 0.3 is 5.97 Å². The van der Waals surface area contributed by atoms with Gasteiger partial charge in [0.05, 0.1) is 5.92 Å². The van der Waals surface area contributed by atoms with Gasteiger partial charge in [0.2, 0.25) is 0 Å². The Kier molecular flexibility index (Phi) is 3.64. The van der Waals surface area contributed by atoms with Crippen LogP contribution in [0.4, 0.5) is 0 Å². The lowest BCUT2D eigenvalue weighted by Crippen LogP contribution is -2.24. The summed E-state index contributed by atoms with van der Waals surface area (Å²) in [6.45, 7) is 1.95. The summed E-state index contributed by atoms with van der Waals surface area (Å²) >= 11 is 0. The van der Waals surface area contributed by atoms with Gasteiger partial charge in [-0.2, -0.15) is 0 Å². The van der Waals surface area contributed by atoms with Crippen molar-refractivity contribution >= 4 is 5.97 Å². The molecule has 2 aromatic heterocycles. The first kappa shape index (κ1) is 13.7. The monoisotopic (exact) mass is 283 g/mol. The minimum absolute atomic E-state index is 0.300. The van der Waals surface area contributed by atoms with Crippen molar-refractivity contribution in [2.24, 2.45) is 5.92 Å². The topological polar surface area (TPSA) is 76.0 Å². The van der Waals surface area contributed by atoms with E-state index in [0.717, 1.165) is 34.8 Å². The number of hydrogen-bond acceptors (Lipinski definition) is 4. The van der Waals surface area contributed by atoms with Gasteiger partial charge in [0.25, 0.3) is 0 Å². The quantitative estimate of drug-likeness (QED) is 0.932. The smallest absolute Gasteiger partial charge is 0.306 e. The highest BCUT2D eigenvalue weighted by molar-refractivity contribution is 5.71. The SMILES string of the molecule is Cc1nc(Cc2ccncc2)nc2c1CC(C(=O)O)CC2. The van der Waals surface area contributed by atoms with Gasteiger partial charge in [-0.15, -0.1) is 0 Å². The van der Waals surface area contributed by atoms with Gasteiger partial charge in [0.1, 0.15) is 5.82 Å². The molecule has 0 aliphatic heterocycles. The van der Waals surface area contributed by atoms with Crippen molar-refractivity contribution in [2.75, 3.05) is 0 Å². The summed E-state index contributed by atoms with van der Waals surface area (Å²) in [5.41, 5.74) is 4.08. The molecule has 108 valence electrons. The molecule has 0 amide bonds. The van der Waals surface area contributed by atoms with Gasteiger partial charge in [-0.05, 0) is 49.4 Å². The number of carboxylic acids is 1. The first-order valence-electron chi connectivity index (χ1n) is 7.10. The second-order valence-corrected chi connectivity index (χ2v) is 5.46. The Morgan fingerprint density at radius 2 is 2.10 bits per heavy atom. The molecule has 2 aromatic rings. The van der Waals surface area contributed by atoms with Gasteiger partial charge in [0, 0.05) is 30.2 Å². The number of carbonyl (C=O) groups is 1. The highest BCUT2D eigenvalue weighted by Crippen LogP contribution is 2.26. The molecule has 1 unspecified atom stereocenters. The summed E-state index contributed by atoms with van der Waals surface area (Å²) in [5, 5.41) is 9.16. The predicted octanol–water partition coefficient (Wildman–Crippen LogP) is 1.96. The standard InChI is InChI=1S/C16H17N3O2/c1-10-13-9-12(16(20)21)2-3-14(13)19-15(18-10)8-11-4-6-17-7-5-11/h4-7,12H,2-3,8-9H2,1H3,(H,20,21). The normalized spacial score (nSPS) is 17.3. The maximum atomic E-state index is 11.1. The number of carboxylic acid groups (broad SMARTS) is 1. The molecule has 5 nitrogen and oxygen atoms in total. The third kappa shape index (κ3) is 2.91. The molecular formula is C16H17N3O2. The van der Waals surface area contributed by atoms with E-state index in [1.54, 1.807) is 12.4 Å². The van der Waals surface area contributed by atoms with Crippen LogP contribution in [0.2, 0.25) is 0 Å². The van der Waals surface area contributed by atoms with E-state index in [4.69, 9.17) is 5.11 Å². The van der Waals surface area contributed by atoms with E-state index in [0.29, 0.717) is 19.3 Å². The Balaban J connectivity index is 1.87. The Hall–Kier alpha value is -2.30. The molecule has 0 aromatic carbocycles. The van der Waals surface area contributed by atoms with Gasteiger partial charge < -0.3 is 5.11 Å². The summed E-state index contributed by atoms with van der Waals surface area (Å²) < 4.78 is 0. The van der Waals surface area contributed by atoms with Crippen LogP contribution in [0.5, 0.6) is 0 Å². The molecule has 1 aliphatic carbocycles. The van der Waals surface area contributed by atoms with Crippen LogP contribution in [0.15, 0.2) is 24.5 Å². The van der Waals surface area contributed by atoms with E-state index in [2.05, 4.69) is 15.0 Å². The second kappa shape index (κ2) is 5.60. The summed E-state index contributed by atoms with van der Waals surface area (Å²) in [6, 6.07) is 3.91. The summed E-state index contributed by atoms with van der Waals surface area (Å²) in [6.07, 6.45) is 6.13. The van der Waals surface area contributed by atoms with E-state index < -0.39 is 5.97 Å². The highest BCUT2D eigenvalue weighted by atomic mass is 16.4. The van der Waals surface area contributed by atoms with Crippen LogP contribution < -0.4 is 0 Å². The lowest BCUT2D eigenvalue weighted by molar-refractivity contribution is -0.142. The van der Waals surface area contributed by atoms with E-state index >= 15 is 0 Å². The number of pyridine rings is 1. The molecule has 3 rings (SSSR count). The molecule has 0 saturated carbocycles. The molecule has 2 heterocycles. The molecule has 1 atom stereocenters. The van der Waals surface area contributed by atoms with E-state index in [1.807, 2.05) is 19.1 Å². The number of hydrogen-bond donors (Lipinski definition) is 1. The molecule has 0 spiro atoms. The van der Waals surface area contributed by atoms with Crippen molar-refractivity contribution in [1.82, 2.24) is 15.0 Å². The highest BCUT2D eigenvalue weighted by Gasteiger charge is 2.27. The zero-order chi connectivity index (χ0) is 14.8.